The molecule has 0 aliphatic carbocycles. The van der Waals surface area contributed by atoms with E-state index in [-0.39, 0.29) is 31.2 Å². The normalized spacial score (nSPS) is 19.8. The molecule has 0 aromatic carbocycles. The van der Waals surface area contributed by atoms with Crippen molar-refractivity contribution in [2.24, 2.45) is 0 Å². The molecule has 10 heteroatoms. The topological polar surface area (TPSA) is 120 Å². The summed E-state index contributed by atoms with van der Waals surface area (Å²) >= 11 is 0. The molecule has 27 heavy (non-hydrogen) atoms. The van der Waals surface area contributed by atoms with Crippen molar-refractivity contribution in [3.63, 3.8) is 0 Å². The number of carbonyl (C=O) groups is 2. The zero-order valence-electron chi connectivity index (χ0n) is 15.1. The first kappa shape index (κ1) is 18.9. The van der Waals surface area contributed by atoms with E-state index in [1.165, 1.54) is 7.11 Å². The van der Waals surface area contributed by atoms with Crippen molar-refractivity contribution in [2.45, 2.75) is 18.5 Å². The van der Waals surface area contributed by atoms with Crippen LogP contribution >= 0.6 is 0 Å². The van der Waals surface area contributed by atoms with Crippen LogP contribution < -0.4 is 5.32 Å². The first-order chi connectivity index (χ1) is 13.1. The molecule has 2 aromatic rings. The van der Waals surface area contributed by atoms with Gasteiger partial charge in [0.25, 0.3) is 0 Å². The van der Waals surface area contributed by atoms with Gasteiger partial charge in [0.15, 0.2) is 0 Å². The van der Waals surface area contributed by atoms with E-state index in [2.05, 4.69) is 25.2 Å². The Kier molecular flexibility index (Phi) is 6.09. The maximum absolute atomic E-state index is 11.9. The van der Waals surface area contributed by atoms with Gasteiger partial charge in [-0.25, -0.2) is 4.79 Å². The number of rotatable bonds is 7. The smallest absolute Gasteiger partial charge is 0.331 e. The number of hydrogen-bond donors (Lipinski definition) is 1. The molecule has 1 saturated heterocycles. The van der Waals surface area contributed by atoms with Gasteiger partial charge in [0, 0.05) is 30.5 Å². The number of carbonyl (C=O) groups excluding carboxylic acids is 2. The fourth-order valence-corrected chi connectivity index (χ4v) is 2.93. The van der Waals surface area contributed by atoms with Crippen molar-refractivity contribution in [3.8, 4) is 11.4 Å². The molecule has 10 nitrogen and oxygen atoms in total. The Balaban J connectivity index is 1.53. The lowest BCUT2D eigenvalue weighted by Gasteiger charge is -2.14. The SMILES string of the molecule is COC(=O)COCC(=O)N[C@H]1C[C@@H](c2nc(-c3cccnc3)no2)N(C)C1. The van der Waals surface area contributed by atoms with Crippen molar-refractivity contribution in [2.75, 3.05) is 33.9 Å². The lowest BCUT2D eigenvalue weighted by Crippen LogP contribution is -2.38. The maximum Gasteiger partial charge on any atom is 0.331 e. The average Bonchev–Trinajstić information content (AvgIpc) is 3.29. The van der Waals surface area contributed by atoms with Crippen LogP contribution in [0.5, 0.6) is 0 Å². The number of hydrogen-bond acceptors (Lipinski definition) is 9. The van der Waals surface area contributed by atoms with Crippen LogP contribution in [0.25, 0.3) is 11.4 Å². The molecule has 0 unspecified atom stereocenters. The van der Waals surface area contributed by atoms with E-state index in [1.807, 2.05) is 18.0 Å². The molecule has 1 aliphatic rings. The number of methoxy groups -OCH3 is 1. The summed E-state index contributed by atoms with van der Waals surface area (Å²) < 4.78 is 14.9. The molecule has 144 valence electrons. The second kappa shape index (κ2) is 8.69. The molecular weight excluding hydrogens is 354 g/mol. The van der Waals surface area contributed by atoms with E-state index in [4.69, 9.17) is 9.26 Å². The first-order valence-corrected chi connectivity index (χ1v) is 8.45. The largest absolute Gasteiger partial charge is 0.467 e. The number of esters is 1. The Labute approximate surface area is 155 Å². The molecule has 1 amide bonds. The maximum atomic E-state index is 11.9. The Morgan fingerprint density at radius 3 is 3.00 bits per heavy atom. The van der Waals surface area contributed by atoms with Gasteiger partial charge >= 0.3 is 5.97 Å². The molecule has 0 radical (unpaired) electrons. The predicted molar refractivity (Wildman–Crippen MR) is 92.3 cm³/mol. The van der Waals surface area contributed by atoms with Gasteiger partial charge in [-0.05, 0) is 25.6 Å². The monoisotopic (exact) mass is 375 g/mol. The Morgan fingerprint density at radius 2 is 2.26 bits per heavy atom. The molecule has 0 saturated carbocycles. The highest BCUT2D eigenvalue weighted by molar-refractivity contribution is 5.78. The van der Waals surface area contributed by atoms with Gasteiger partial charge in [-0.1, -0.05) is 5.16 Å². The van der Waals surface area contributed by atoms with Gasteiger partial charge in [-0.2, -0.15) is 4.98 Å². The van der Waals surface area contributed by atoms with Gasteiger partial charge in [-0.15, -0.1) is 0 Å². The third-order valence-corrected chi connectivity index (χ3v) is 4.24. The summed E-state index contributed by atoms with van der Waals surface area (Å²) in [6.45, 7) is 0.180. The van der Waals surface area contributed by atoms with Crippen LogP contribution in [0.3, 0.4) is 0 Å². The summed E-state index contributed by atoms with van der Waals surface area (Å²) in [5.41, 5.74) is 0.778. The van der Waals surface area contributed by atoms with Gasteiger partial charge < -0.3 is 19.3 Å². The number of nitrogens with zero attached hydrogens (tertiary/aromatic N) is 4. The summed E-state index contributed by atoms with van der Waals surface area (Å²) in [4.78, 5) is 33.5. The van der Waals surface area contributed by atoms with Crippen LogP contribution in [0.15, 0.2) is 29.0 Å². The Morgan fingerprint density at radius 1 is 1.41 bits per heavy atom. The van der Waals surface area contributed by atoms with Crippen molar-refractivity contribution in [1.82, 2.24) is 25.3 Å². The molecule has 3 heterocycles. The van der Waals surface area contributed by atoms with Crippen molar-refractivity contribution < 1.29 is 23.6 Å². The van der Waals surface area contributed by atoms with Crippen LogP contribution in [0.2, 0.25) is 0 Å². The van der Waals surface area contributed by atoms with Crippen LogP contribution in [0.1, 0.15) is 18.4 Å². The highest BCUT2D eigenvalue weighted by atomic mass is 16.6. The number of nitrogens with one attached hydrogen (secondary N) is 1. The summed E-state index contributed by atoms with van der Waals surface area (Å²) in [6.07, 6.45) is 3.98. The summed E-state index contributed by atoms with van der Waals surface area (Å²) in [5, 5.41) is 6.89. The minimum atomic E-state index is -0.524. The van der Waals surface area contributed by atoms with Gasteiger partial charge in [0.2, 0.25) is 17.6 Å². The molecular formula is C17H21N5O5. The second-order valence-corrected chi connectivity index (χ2v) is 6.22. The third-order valence-electron chi connectivity index (χ3n) is 4.24. The van der Waals surface area contributed by atoms with E-state index in [0.29, 0.717) is 24.7 Å². The minimum Gasteiger partial charge on any atom is -0.467 e. The van der Waals surface area contributed by atoms with E-state index < -0.39 is 5.97 Å². The standard InChI is InChI=1S/C17H21N5O5/c1-22-8-12(19-14(23)9-26-10-15(24)25-2)6-13(22)17-20-16(21-27-17)11-4-3-5-18-7-11/h3-5,7,12-13H,6,8-10H2,1-2H3,(H,19,23)/t12-,13-/m0/s1. The van der Waals surface area contributed by atoms with Crippen LogP contribution in [0, 0.1) is 0 Å². The third kappa shape index (κ3) is 4.86. The molecule has 0 spiro atoms. The number of ether oxygens (including phenoxy) is 2. The summed E-state index contributed by atoms with van der Waals surface area (Å²) in [6, 6.07) is 3.49. The number of pyridine rings is 1. The number of amides is 1. The number of aromatic nitrogens is 3. The fourth-order valence-electron chi connectivity index (χ4n) is 2.93. The minimum absolute atomic E-state index is 0.0806. The molecule has 2 aromatic heterocycles. The molecule has 1 N–H and O–H groups in total. The first-order valence-electron chi connectivity index (χ1n) is 8.45. The van der Waals surface area contributed by atoms with Gasteiger partial charge in [0.1, 0.15) is 13.2 Å². The number of likely N-dealkylation sites (N-methyl/N-ethyl adjacent to an activating group) is 1. The lowest BCUT2D eigenvalue weighted by atomic mass is 10.1. The molecule has 2 atom stereocenters. The Hall–Kier alpha value is -2.85. The van der Waals surface area contributed by atoms with Crippen LogP contribution in [-0.4, -0.2) is 71.9 Å². The highest BCUT2D eigenvalue weighted by Crippen LogP contribution is 2.30. The van der Waals surface area contributed by atoms with Crippen LogP contribution in [-0.2, 0) is 19.1 Å². The van der Waals surface area contributed by atoms with E-state index in [9.17, 15) is 9.59 Å². The molecule has 3 rings (SSSR count). The highest BCUT2D eigenvalue weighted by Gasteiger charge is 2.35. The number of likely N-dealkylation sites (tertiary alicyclic amines) is 1. The van der Waals surface area contributed by atoms with Gasteiger partial charge in [-0.3, -0.25) is 14.7 Å². The van der Waals surface area contributed by atoms with E-state index >= 15 is 0 Å². The molecule has 0 bridgehead atoms. The zero-order chi connectivity index (χ0) is 19.2. The Bertz CT molecular complexity index is 781. The zero-order valence-corrected chi connectivity index (χ0v) is 15.1. The summed E-state index contributed by atoms with van der Waals surface area (Å²) in [5.74, 6) is 0.161. The molecule has 1 aliphatic heterocycles. The van der Waals surface area contributed by atoms with Crippen molar-refractivity contribution in [3.05, 3.63) is 30.4 Å². The summed E-state index contributed by atoms with van der Waals surface area (Å²) in [7, 11) is 3.19. The van der Waals surface area contributed by atoms with E-state index in [1.54, 1.807) is 18.5 Å². The fraction of sp³-hybridized carbons (Fsp3) is 0.471. The van der Waals surface area contributed by atoms with Crippen molar-refractivity contribution >= 4 is 11.9 Å². The average molecular weight is 375 g/mol. The van der Waals surface area contributed by atoms with Crippen molar-refractivity contribution in [1.29, 1.82) is 0 Å². The van der Waals surface area contributed by atoms with Gasteiger partial charge in [0.05, 0.1) is 13.2 Å². The van der Waals surface area contributed by atoms with E-state index in [0.717, 1.165) is 5.56 Å². The quantitative estimate of drug-likeness (QED) is 0.676. The second-order valence-electron chi connectivity index (χ2n) is 6.22. The predicted octanol–water partition coefficient (Wildman–Crippen LogP) is 0.183. The van der Waals surface area contributed by atoms with Crippen LogP contribution in [0.4, 0.5) is 0 Å². The molecule has 1 fully saturated rings. The lowest BCUT2D eigenvalue weighted by molar-refractivity contribution is -0.147.